The van der Waals surface area contributed by atoms with E-state index in [-0.39, 0.29) is 0 Å². The van der Waals surface area contributed by atoms with E-state index in [2.05, 4.69) is 5.32 Å². The average molecular weight is 354 g/mol. The van der Waals surface area contributed by atoms with Crippen LogP contribution in [0.25, 0.3) is 0 Å². The predicted octanol–water partition coefficient (Wildman–Crippen LogP) is 2.33. The lowest BCUT2D eigenvalue weighted by molar-refractivity contribution is -0.119. The summed E-state index contributed by atoms with van der Waals surface area (Å²) in [4.78, 5) is 38.6. The minimum atomic E-state index is -0.973. The molecule has 26 heavy (non-hydrogen) atoms. The number of nitrogens with zero attached hydrogens (tertiary/aromatic N) is 1. The number of imide groups is 1. The highest BCUT2D eigenvalue weighted by Gasteiger charge is 2.40. The highest BCUT2D eigenvalue weighted by molar-refractivity contribution is 6.23. The van der Waals surface area contributed by atoms with E-state index < -0.39 is 23.8 Å². The summed E-state index contributed by atoms with van der Waals surface area (Å²) in [5, 5.41) is 2.69. The number of nitrogens with one attached hydrogen (secondary N) is 1. The molecule has 1 aliphatic heterocycles. The largest absolute Gasteiger partial charge is 0.497 e. The first-order valence-corrected chi connectivity index (χ1v) is 7.97. The second-order valence-electron chi connectivity index (χ2n) is 5.79. The zero-order valence-corrected chi connectivity index (χ0v) is 14.6. The highest BCUT2D eigenvalue weighted by Crippen LogP contribution is 2.27. The first kappa shape index (κ1) is 17.5. The minimum absolute atomic E-state index is 0.306. The third-order valence-corrected chi connectivity index (χ3v) is 4.21. The molecule has 3 rings (SSSR count). The van der Waals surface area contributed by atoms with Gasteiger partial charge in [-0.15, -0.1) is 0 Å². The Labute approximate surface area is 150 Å². The summed E-state index contributed by atoms with van der Waals surface area (Å²) < 4.78 is 10.3. The number of hydrogen-bond acceptors (Lipinski definition) is 5. The molecule has 1 heterocycles. The topological polar surface area (TPSA) is 84.9 Å². The van der Waals surface area contributed by atoms with Gasteiger partial charge in [0.2, 0.25) is 5.91 Å². The number of benzene rings is 2. The molecule has 1 N–H and O–H groups in total. The van der Waals surface area contributed by atoms with E-state index in [1.165, 1.54) is 21.1 Å². The van der Waals surface area contributed by atoms with Gasteiger partial charge in [0.1, 0.15) is 17.5 Å². The van der Waals surface area contributed by atoms with Crippen molar-refractivity contribution in [1.29, 1.82) is 0 Å². The van der Waals surface area contributed by atoms with Crippen molar-refractivity contribution in [3.05, 3.63) is 53.6 Å². The van der Waals surface area contributed by atoms with Crippen LogP contribution in [0.4, 0.5) is 5.69 Å². The van der Waals surface area contributed by atoms with Crippen LogP contribution in [0.2, 0.25) is 0 Å². The van der Waals surface area contributed by atoms with Gasteiger partial charge in [0.05, 0.1) is 25.3 Å². The maximum atomic E-state index is 12.6. The fourth-order valence-electron chi connectivity index (χ4n) is 2.80. The average Bonchev–Trinajstić information content (AvgIpc) is 2.91. The molecular weight excluding hydrogens is 336 g/mol. The molecule has 1 aliphatic rings. The number of carbonyl (C=O) groups is 3. The van der Waals surface area contributed by atoms with Crippen LogP contribution in [0.5, 0.6) is 11.5 Å². The Kier molecular flexibility index (Phi) is 4.62. The molecule has 0 saturated heterocycles. The van der Waals surface area contributed by atoms with Crippen molar-refractivity contribution in [3.63, 3.8) is 0 Å². The monoisotopic (exact) mass is 354 g/mol. The molecule has 0 radical (unpaired) electrons. The molecule has 2 aromatic carbocycles. The molecule has 7 heteroatoms. The van der Waals surface area contributed by atoms with Gasteiger partial charge in [-0.1, -0.05) is 12.1 Å². The summed E-state index contributed by atoms with van der Waals surface area (Å²) in [5.74, 6) is -0.427. The Morgan fingerprint density at radius 3 is 1.92 bits per heavy atom. The number of anilines is 1. The van der Waals surface area contributed by atoms with Crippen molar-refractivity contribution in [2.75, 3.05) is 19.5 Å². The Morgan fingerprint density at radius 2 is 1.46 bits per heavy atom. The Morgan fingerprint density at radius 1 is 0.962 bits per heavy atom. The zero-order chi connectivity index (χ0) is 18.8. The second kappa shape index (κ2) is 6.87. The fraction of sp³-hybridized carbons (Fsp3) is 0.211. The van der Waals surface area contributed by atoms with E-state index in [1.807, 2.05) is 0 Å². The SMILES string of the molecule is COc1cc(NC(=O)[C@@H](C)N2C(=O)c3ccccc3C2=O)cc(OC)c1. The number of carbonyl (C=O) groups excluding carboxylic acids is 3. The van der Waals surface area contributed by atoms with Gasteiger partial charge in [0.15, 0.2) is 0 Å². The van der Waals surface area contributed by atoms with Gasteiger partial charge in [-0.25, -0.2) is 0 Å². The molecule has 3 amide bonds. The van der Waals surface area contributed by atoms with E-state index in [4.69, 9.17) is 9.47 Å². The first-order chi connectivity index (χ1) is 12.5. The molecule has 0 fully saturated rings. The maximum Gasteiger partial charge on any atom is 0.262 e. The van der Waals surface area contributed by atoms with Crippen molar-refractivity contribution in [1.82, 2.24) is 4.90 Å². The summed E-state index contributed by atoms with van der Waals surface area (Å²) >= 11 is 0. The molecule has 0 aromatic heterocycles. The molecule has 0 bridgehead atoms. The summed E-state index contributed by atoms with van der Waals surface area (Å²) in [6.07, 6.45) is 0. The zero-order valence-electron chi connectivity index (χ0n) is 14.6. The molecule has 2 aromatic rings. The van der Waals surface area contributed by atoms with Crippen molar-refractivity contribution < 1.29 is 23.9 Å². The predicted molar refractivity (Wildman–Crippen MR) is 94.6 cm³/mol. The lowest BCUT2D eigenvalue weighted by Crippen LogP contribution is -2.45. The van der Waals surface area contributed by atoms with E-state index in [0.717, 1.165) is 4.90 Å². The van der Waals surface area contributed by atoms with Crippen LogP contribution in [0, 0.1) is 0 Å². The molecule has 7 nitrogen and oxygen atoms in total. The Bertz CT molecular complexity index is 836. The lowest BCUT2D eigenvalue weighted by atomic mass is 10.1. The molecular formula is C19H18N2O5. The molecule has 134 valence electrons. The third-order valence-electron chi connectivity index (χ3n) is 4.21. The number of fused-ring (bicyclic) bond motifs is 1. The number of hydrogen-bond donors (Lipinski definition) is 1. The van der Waals surface area contributed by atoms with Gasteiger partial charge in [-0.05, 0) is 19.1 Å². The second-order valence-corrected chi connectivity index (χ2v) is 5.79. The smallest absolute Gasteiger partial charge is 0.262 e. The van der Waals surface area contributed by atoms with Crippen LogP contribution < -0.4 is 14.8 Å². The van der Waals surface area contributed by atoms with E-state index in [0.29, 0.717) is 28.3 Å². The van der Waals surface area contributed by atoms with Gasteiger partial charge >= 0.3 is 0 Å². The van der Waals surface area contributed by atoms with Crippen molar-refractivity contribution >= 4 is 23.4 Å². The number of methoxy groups -OCH3 is 2. The van der Waals surface area contributed by atoms with Crippen LogP contribution in [-0.2, 0) is 4.79 Å². The maximum absolute atomic E-state index is 12.6. The molecule has 0 unspecified atom stereocenters. The van der Waals surface area contributed by atoms with E-state index in [1.54, 1.807) is 42.5 Å². The van der Waals surface area contributed by atoms with Crippen molar-refractivity contribution in [2.45, 2.75) is 13.0 Å². The lowest BCUT2D eigenvalue weighted by Gasteiger charge is -2.22. The highest BCUT2D eigenvalue weighted by atomic mass is 16.5. The van der Waals surface area contributed by atoms with Gasteiger partial charge in [0, 0.05) is 23.9 Å². The summed E-state index contributed by atoms with van der Waals surface area (Å²) in [6.45, 7) is 1.51. The Balaban J connectivity index is 1.81. The van der Waals surface area contributed by atoms with Crippen LogP contribution >= 0.6 is 0 Å². The molecule has 1 atom stereocenters. The van der Waals surface area contributed by atoms with Crippen LogP contribution in [0.15, 0.2) is 42.5 Å². The van der Waals surface area contributed by atoms with Crippen LogP contribution in [-0.4, -0.2) is 42.9 Å². The normalized spacial score (nSPS) is 14.0. The third kappa shape index (κ3) is 2.99. The molecule has 0 spiro atoms. The van der Waals surface area contributed by atoms with E-state index in [9.17, 15) is 14.4 Å². The minimum Gasteiger partial charge on any atom is -0.497 e. The fourth-order valence-corrected chi connectivity index (χ4v) is 2.80. The standard InChI is InChI=1S/C19H18N2O5/c1-11(21-18(23)15-6-4-5-7-16(15)19(21)24)17(22)20-12-8-13(25-2)10-14(9-12)26-3/h4-11H,1-3H3,(H,20,22)/t11-/m1/s1. The van der Waals surface area contributed by atoms with Gasteiger partial charge < -0.3 is 14.8 Å². The summed E-state index contributed by atoms with van der Waals surface area (Å²) in [6, 6.07) is 10.5. The number of rotatable bonds is 5. The first-order valence-electron chi connectivity index (χ1n) is 7.97. The van der Waals surface area contributed by atoms with Crippen LogP contribution in [0.1, 0.15) is 27.6 Å². The van der Waals surface area contributed by atoms with Gasteiger partial charge in [0.25, 0.3) is 11.8 Å². The summed E-state index contributed by atoms with van der Waals surface area (Å²) in [5.41, 5.74) is 1.05. The number of amides is 3. The number of ether oxygens (including phenoxy) is 2. The van der Waals surface area contributed by atoms with Gasteiger partial charge in [-0.3, -0.25) is 19.3 Å². The quantitative estimate of drug-likeness (QED) is 0.833. The van der Waals surface area contributed by atoms with E-state index >= 15 is 0 Å². The Hall–Kier alpha value is -3.35. The summed E-state index contributed by atoms with van der Waals surface area (Å²) in [7, 11) is 3.00. The van der Waals surface area contributed by atoms with Crippen molar-refractivity contribution in [3.8, 4) is 11.5 Å². The molecule has 0 saturated carbocycles. The van der Waals surface area contributed by atoms with Gasteiger partial charge in [-0.2, -0.15) is 0 Å². The van der Waals surface area contributed by atoms with Crippen LogP contribution in [0.3, 0.4) is 0 Å². The molecule has 0 aliphatic carbocycles. The van der Waals surface area contributed by atoms with Crippen molar-refractivity contribution in [2.24, 2.45) is 0 Å².